The lowest BCUT2D eigenvalue weighted by Crippen LogP contribution is -2.21. The largest absolute Gasteiger partial charge is 0.377 e. The van der Waals surface area contributed by atoms with Gasteiger partial charge in [-0.05, 0) is 23.5 Å². The van der Waals surface area contributed by atoms with Gasteiger partial charge in [-0.25, -0.2) is 0 Å². The summed E-state index contributed by atoms with van der Waals surface area (Å²) in [6.07, 6.45) is 1.15. The highest BCUT2D eigenvalue weighted by Gasteiger charge is 2.25. The number of thioether (sulfide) groups is 1. The van der Waals surface area contributed by atoms with E-state index >= 15 is 0 Å². The van der Waals surface area contributed by atoms with Crippen molar-refractivity contribution in [3.63, 3.8) is 0 Å². The molecule has 0 spiro atoms. The molecule has 1 aromatic rings. The summed E-state index contributed by atoms with van der Waals surface area (Å²) in [6.45, 7) is 0. The standard InChI is InChI=1S/C10H13N3S/c11-10(13-12)14-6-8-5-7-3-1-2-4-9(7)8/h1-4,8H,5-6,12H2,(H2,11,13). The number of hydrogen-bond acceptors (Lipinski definition) is 3. The number of amidine groups is 1. The minimum absolute atomic E-state index is 0.467. The van der Waals surface area contributed by atoms with Gasteiger partial charge in [0, 0.05) is 5.75 Å². The Bertz CT molecular complexity index is 362. The molecule has 0 radical (unpaired) electrons. The molecular weight excluding hydrogens is 194 g/mol. The molecule has 0 saturated carbocycles. The predicted octanol–water partition coefficient (Wildman–Crippen LogP) is 1.25. The molecule has 0 aromatic heterocycles. The molecule has 14 heavy (non-hydrogen) atoms. The van der Waals surface area contributed by atoms with Crippen LogP contribution >= 0.6 is 11.8 Å². The van der Waals surface area contributed by atoms with Crippen LogP contribution < -0.4 is 11.6 Å². The van der Waals surface area contributed by atoms with Crippen molar-refractivity contribution in [1.29, 1.82) is 0 Å². The lowest BCUT2D eigenvalue weighted by Gasteiger charge is -2.29. The number of hydrogen-bond donors (Lipinski definition) is 2. The third-order valence-corrected chi connectivity index (χ3v) is 3.49. The highest BCUT2D eigenvalue weighted by atomic mass is 32.2. The molecule has 1 unspecified atom stereocenters. The summed E-state index contributed by atoms with van der Waals surface area (Å²) in [4.78, 5) is 0. The first-order valence-electron chi connectivity index (χ1n) is 4.55. The van der Waals surface area contributed by atoms with Crippen molar-refractivity contribution >= 4 is 16.9 Å². The Kier molecular flexibility index (Phi) is 2.63. The lowest BCUT2D eigenvalue weighted by atomic mass is 9.79. The topological polar surface area (TPSA) is 64.4 Å². The minimum Gasteiger partial charge on any atom is -0.377 e. The monoisotopic (exact) mass is 207 g/mol. The zero-order chi connectivity index (χ0) is 9.97. The third kappa shape index (κ3) is 1.70. The van der Waals surface area contributed by atoms with Crippen LogP contribution in [-0.2, 0) is 6.42 Å². The first-order valence-corrected chi connectivity index (χ1v) is 5.53. The number of benzene rings is 1. The molecule has 1 atom stereocenters. The van der Waals surface area contributed by atoms with Gasteiger partial charge in [0.2, 0.25) is 0 Å². The molecule has 0 bridgehead atoms. The van der Waals surface area contributed by atoms with E-state index < -0.39 is 0 Å². The van der Waals surface area contributed by atoms with E-state index in [1.54, 1.807) is 0 Å². The summed E-state index contributed by atoms with van der Waals surface area (Å²) >= 11 is 1.53. The summed E-state index contributed by atoms with van der Waals surface area (Å²) in [5, 5.41) is 3.90. The zero-order valence-corrected chi connectivity index (χ0v) is 8.63. The third-order valence-electron chi connectivity index (χ3n) is 2.52. The van der Waals surface area contributed by atoms with Crippen molar-refractivity contribution in [3.8, 4) is 0 Å². The van der Waals surface area contributed by atoms with Crippen molar-refractivity contribution in [2.45, 2.75) is 12.3 Å². The van der Waals surface area contributed by atoms with Crippen LogP contribution in [0.5, 0.6) is 0 Å². The van der Waals surface area contributed by atoms with Gasteiger partial charge < -0.3 is 11.6 Å². The Morgan fingerprint density at radius 2 is 2.29 bits per heavy atom. The fourth-order valence-corrected chi connectivity index (χ4v) is 2.48. The number of nitrogens with zero attached hydrogens (tertiary/aromatic N) is 1. The van der Waals surface area contributed by atoms with Crippen molar-refractivity contribution in [2.24, 2.45) is 16.7 Å². The fourth-order valence-electron chi connectivity index (χ4n) is 1.73. The van der Waals surface area contributed by atoms with Gasteiger partial charge in [0.05, 0.1) is 0 Å². The van der Waals surface area contributed by atoms with E-state index in [1.165, 1.54) is 22.9 Å². The maximum Gasteiger partial charge on any atom is 0.177 e. The zero-order valence-electron chi connectivity index (χ0n) is 7.81. The van der Waals surface area contributed by atoms with Crippen LogP contribution in [-0.4, -0.2) is 10.9 Å². The van der Waals surface area contributed by atoms with Crippen LogP contribution in [0.4, 0.5) is 0 Å². The Balaban J connectivity index is 1.93. The molecule has 1 aliphatic carbocycles. The Morgan fingerprint density at radius 3 is 3.00 bits per heavy atom. The average molecular weight is 207 g/mol. The van der Waals surface area contributed by atoms with Gasteiger partial charge in [0.1, 0.15) is 0 Å². The van der Waals surface area contributed by atoms with E-state index in [0.717, 1.165) is 12.2 Å². The SMILES string of the molecule is NN=C(N)SCC1Cc2ccccc21. The number of nitrogens with two attached hydrogens (primary N) is 2. The quantitative estimate of drug-likeness (QED) is 0.332. The normalized spacial score (nSPS) is 20.0. The molecule has 0 aliphatic heterocycles. The van der Waals surface area contributed by atoms with Crippen molar-refractivity contribution in [3.05, 3.63) is 35.4 Å². The Labute approximate surface area is 87.6 Å². The minimum atomic E-state index is 0.467. The van der Waals surface area contributed by atoms with E-state index in [2.05, 4.69) is 29.4 Å². The van der Waals surface area contributed by atoms with Gasteiger partial charge in [0.25, 0.3) is 0 Å². The number of rotatable bonds is 2. The Hall–Kier alpha value is -1.16. The maximum atomic E-state index is 5.51. The average Bonchev–Trinajstić information content (AvgIpc) is 2.19. The van der Waals surface area contributed by atoms with Crippen molar-refractivity contribution < 1.29 is 0 Å². The number of fused-ring (bicyclic) bond motifs is 1. The van der Waals surface area contributed by atoms with Crippen LogP contribution in [0.25, 0.3) is 0 Å². The van der Waals surface area contributed by atoms with Crippen molar-refractivity contribution in [2.75, 3.05) is 5.75 Å². The summed E-state index contributed by atoms with van der Waals surface area (Å²) in [6, 6.07) is 8.52. The molecule has 2 rings (SSSR count). The summed E-state index contributed by atoms with van der Waals surface area (Å²) in [5.41, 5.74) is 8.42. The van der Waals surface area contributed by atoms with Gasteiger partial charge in [-0.15, -0.1) is 0 Å². The molecular formula is C10H13N3S. The number of hydrazone groups is 1. The van der Waals surface area contributed by atoms with E-state index in [-0.39, 0.29) is 0 Å². The van der Waals surface area contributed by atoms with Gasteiger partial charge in [0.15, 0.2) is 5.17 Å². The maximum absolute atomic E-state index is 5.51. The first-order chi connectivity index (χ1) is 6.81. The van der Waals surface area contributed by atoms with Crippen molar-refractivity contribution in [1.82, 2.24) is 0 Å². The second-order valence-corrected chi connectivity index (χ2v) is 4.42. The molecule has 0 heterocycles. The van der Waals surface area contributed by atoms with Gasteiger partial charge in [-0.2, -0.15) is 5.10 Å². The lowest BCUT2D eigenvalue weighted by molar-refractivity contribution is 0.678. The highest BCUT2D eigenvalue weighted by molar-refractivity contribution is 8.13. The molecule has 1 aliphatic rings. The highest BCUT2D eigenvalue weighted by Crippen LogP contribution is 2.36. The van der Waals surface area contributed by atoms with Gasteiger partial charge in [-0.1, -0.05) is 36.0 Å². The Morgan fingerprint density at radius 1 is 1.50 bits per heavy atom. The van der Waals surface area contributed by atoms with E-state index in [0.29, 0.717) is 11.1 Å². The van der Waals surface area contributed by atoms with Gasteiger partial charge >= 0.3 is 0 Å². The molecule has 0 fully saturated rings. The second kappa shape index (κ2) is 3.92. The molecule has 4 N–H and O–H groups in total. The second-order valence-electron chi connectivity index (χ2n) is 3.38. The van der Waals surface area contributed by atoms with E-state index in [4.69, 9.17) is 11.6 Å². The predicted molar refractivity (Wildman–Crippen MR) is 61.2 cm³/mol. The summed E-state index contributed by atoms with van der Waals surface area (Å²) < 4.78 is 0. The van der Waals surface area contributed by atoms with Crippen LogP contribution in [0.1, 0.15) is 17.0 Å². The fraction of sp³-hybridized carbons (Fsp3) is 0.300. The smallest absolute Gasteiger partial charge is 0.177 e. The summed E-state index contributed by atoms with van der Waals surface area (Å²) in [7, 11) is 0. The van der Waals surface area contributed by atoms with Gasteiger partial charge in [-0.3, -0.25) is 0 Å². The molecule has 74 valence electrons. The van der Waals surface area contributed by atoms with Crippen LogP contribution in [0, 0.1) is 0 Å². The molecule has 0 amide bonds. The summed E-state index contributed by atoms with van der Waals surface area (Å²) in [5.74, 6) is 6.65. The van der Waals surface area contributed by atoms with E-state index in [9.17, 15) is 0 Å². The van der Waals surface area contributed by atoms with Crippen LogP contribution in [0.3, 0.4) is 0 Å². The first kappa shape index (κ1) is 9.40. The van der Waals surface area contributed by atoms with Crippen LogP contribution in [0.15, 0.2) is 29.4 Å². The molecule has 3 nitrogen and oxygen atoms in total. The van der Waals surface area contributed by atoms with Crippen LogP contribution in [0.2, 0.25) is 0 Å². The molecule has 1 aromatic carbocycles. The molecule has 4 heteroatoms. The van der Waals surface area contributed by atoms with E-state index in [1.807, 2.05) is 0 Å². The molecule has 0 saturated heterocycles.